The van der Waals surface area contributed by atoms with Gasteiger partial charge in [0.25, 0.3) is 0 Å². The molecule has 2 heteroatoms. The molecule has 1 aliphatic heterocycles. The van der Waals surface area contributed by atoms with E-state index in [0.717, 1.165) is 12.8 Å². The van der Waals surface area contributed by atoms with Crippen LogP contribution in [0.3, 0.4) is 0 Å². The van der Waals surface area contributed by atoms with Crippen LogP contribution in [0, 0.1) is 5.92 Å². The van der Waals surface area contributed by atoms with Gasteiger partial charge in [-0.15, -0.1) is 0 Å². The number of aryl methyl sites for hydroxylation is 1. The minimum atomic E-state index is -1.84. The van der Waals surface area contributed by atoms with Gasteiger partial charge in [-0.1, -0.05) is 0 Å². The number of hydrogen-bond donors (Lipinski definition) is 0. The SMILES string of the molecule is CCCCC[C@H]1C[C@H](/C=[CH]/[Sn]([CH3])([CH3])[CH3])[C@@H](CCc2ccccc2)O1. The van der Waals surface area contributed by atoms with Crippen LogP contribution in [0.15, 0.2) is 40.5 Å². The number of benzene rings is 1. The first kappa shape index (κ1) is 20.0. The van der Waals surface area contributed by atoms with Gasteiger partial charge >= 0.3 is 154 Å². The van der Waals surface area contributed by atoms with Crippen LogP contribution in [0.1, 0.15) is 51.0 Å². The van der Waals surface area contributed by atoms with E-state index in [0.29, 0.717) is 18.1 Å². The summed E-state index contributed by atoms with van der Waals surface area (Å²) in [6.07, 6.45) is 12.2. The first-order valence-corrected chi connectivity index (χ1v) is 20.1. The van der Waals surface area contributed by atoms with Gasteiger partial charge in [0.05, 0.1) is 0 Å². The fourth-order valence-electron chi connectivity index (χ4n) is 3.52. The van der Waals surface area contributed by atoms with E-state index >= 15 is 0 Å². The fraction of sp³-hybridized carbons (Fsp3) is 0.636. The first-order valence-electron chi connectivity index (χ1n) is 9.86. The molecule has 0 spiro atoms. The summed E-state index contributed by atoms with van der Waals surface area (Å²) in [6, 6.07) is 10.9. The molecule has 1 aromatic carbocycles. The Labute approximate surface area is 153 Å². The van der Waals surface area contributed by atoms with Crippen LogP contribution >= 0.6 is 0 Å². The van der Waals surface area contributed by atoms with Crippen molar-refractivity contribution in [3.8, 4) is 0 Å². The summed E-state index contributed by atoms with van der Waals surface area (Å²) in [7, 11) is 0. The molecule has 1 aromatic rings. The van der Waals surface area contributed by atoms with Crippen molar-refractivity contribution in [1.82, 2.24) is 0 Å². The average Bonchev–Trinajstić information content (AvgIpc) is 2.94. The average molecular weight is 435 g/mol. The molecular formula is C22H36OSn. The molecule has 0 aliphatic carbocycles. The molecule has 24 heavy (non-hydrogen) atoms. The van der Waals surface area contributed by atoms with E-state index < -0.39 is 18.4 Å². The van der Waals surface area contributed by atoms with E-state index in [-0.39, 0.29) is 0 Å². The Morgan fingerprint density at radius 3 is 2.50 bits per heavy atom. The quantitative estimate of drug-likeness (QED) is 0.322. The second kappa shape index (κ2) is 10.0. The van der Waals surface area contributed by atoms with Gasteiger partial charge in [0.2, 0.25) is 0 Å². The van der Waals surface area contributed by atoms with Gasteiger partial charge in [-0.3, -0.25) is 0 Å². The molecule has 3 atom stereocenters. The Hall–Kier alpha value is -0.281. The van der Waals surface area contributed by atoms with Crippen LogP contribution in [0.5, 0.6) is 0 Å². The van der Waals surface area contributed by atoms with Crippen LogP contribution in [-0.2, 0) is 11.2 Å². The zero-order chi connectivity index (χ0) is 17.4. The molecule has 0 N–H and O–H groups in total. The van der Waals surface area contributed by atoms with E-state index in [4.69, 9.17) is 4.74 Å². The Bertz CT molecular complexity index is 488. The van der Waals surface area contributed by atoms with Crippen molar-refractivity contribution < 1.29 is 4.74 Å². The summed E-state index contributed by atoms with van der Waals surface area (Å²) < 4.78 is 9.07. The second-order valence-corrected chi connectivity index (χ2v) is 22.9. The van der Waals surface area contributed by atoms with Gasteiger partial charge in [-0.25, -0.2) is 0 Å². The van der Waals surface area contributed by atoms with Crippen molar-refractivity contribution >= 4 is 18.4 Å². The third kappa shape index (κ3) is 7.31. The molecule has 1 aliphatic rings. The van der Waals surface area contributed by atoms with Crippen molar-refractivity contribution in [2.45, 2.75) is 78.9 Å². The second-order valence-electron chi connectivity index (χ2n) is 8.44. The summed E-state index contributed by atoms with van der Waals surface area (Å²) in [6.45, 7) is 2.28. The molecule has 0 amide bonds. The van der Waals surface area contributed by atoms with Gasteiger partial charge in [0.15, 0.2) is 0 Å². The van der Waals surface area contributed by atoms with Gasteiger partial charge in [-0.2, -0.15) is 0 Å². The molecule has 134 valence electrons. The van der Waals surface area contributed by atoms with Crippen molar-refractivity contribution in [3.63, 3.8) is 0 Å². The third-order valence-electron chi connectivity index (χ3n) is 4.91. The normalized spacial score (nSPS) is 24.8. The van der Waals surface area contributed by atoms with Gasteiger partial charge < -0.3 is 0 Å². The minimum absolute atomic E-state index is 0.418. The molecule has 0 aromatic heterocycles. The van der Waals surface area contributed by atoms with E-state index in [1.54, 1.807) is 0 Å². The van der Waals surface area contributed by atoms with Crippen LogP contribution in [0.25, 0.3) is 0 Å². The van der Waals surface area contributed by atoms with E-state index in [2.05, 4.69) is 62.2 Å². The standard InChI is InChI=1S/C19H27O.3CH3.Sn/c1-3-5-7-12-18-15-17(4-2)19(20-18)14-13-16-10-8-6-9-11-16;;;;/h2,4,6,8-11,17-19H,3,5,7,12-15H2,1H3;3*1H3;/t17-,18-,19+;;;;/m0..../s1. The van der Waals surface area contributed by atoms with Crippen molar-refractivity contribution in [3.05, 3.63) is 46.1 Å². The van der Waals surface area contributed by atoms with Gasteiger partial charge in [0.1, 0.15) is 0 Å². The number of rotatable bonds is 9. The maximum atomic E-state index is 6.48. The maximum absolute atomic E-state index is 6.48. The Morgan fingerprint density at radius 1 is 1.08 bits per heavy atom. The monoisotopic (exact) mass is 436 g/mol. The van der Waals surface area contributed by atoms with Crippen LogP contribution in [-0.4, -0.2) is 30.6 Å². The molecular weight excluding hydrogens is 399 g/mol. The van der Waals surface area contributed by atoms with Gasteiger partial charge in [0, 0.05) is 0 Å². The third-order valence-corrected chi connectivity index (χ3v) is 8.32. The number of unbranched alkanes of at least 4 members (excludes halogenated alkanes) is 2. The molecule has 1 heterocycles. The van der Waals surface area contributed by atoms with Crippen molar-refractivity contribution in [1.29, 1.82) is 0 Å². The summed E-state index contributed by atoms with van der Waals surface area (Å²) in [5.41, 5.74) is 1.44. The molecule has 1 saturated heterocycles. The van der Waals surface area contributed by atoms with Crippen LogP contribution in [0.2, 0.25) is 14.8 Å². The van der Waals surface area contributed by atoms with Crippen LogP contribution in [0.4, 0.5) is 0 Å². The zero-order valence-electron chi connectivity index (χ0n) is 16.1. The number of hydrogen-bond acceptors (Lipinski definition) is 1. The fourth-order valence-corrected chi connectivity index (χ4v) is 5.87. The first-order chi connectivity index (χ1) is 11.5. The Balaban J connectivity index is 1.93. The zero-order valence-corrected chi connectivity index (χ0v) is 19.0. The molecule has 1 nitrogen and oxygen atoms in total. The predicted octanol–water partition coefficient (Wildman–Crippen LogP) is 6.41. The number of ether oxygens (including phenoxy) is 1. The Morgan fingerprint density at radius 2 is 1.83 bits per heavy atom. The predicted molar refractivity (Wildman–Crippen MR) is 108 cm³/mol. The van der Waals surface area contributed by atoms with Crippen LogP contribution < -0.4 is 0 Å². The molecule has 2 rings (SSSR count). The molecule has 1 fully saturated rings. The summed E-state index contributed by atoms with van der Waals surface area (Å²) in [5, 5.41) is 0. The van der Waals surface area contributed by atoms with E-state index in [9.17, 15) is 0 Å². The summed E-state index contributed by atoms with van der Waals surface area (Å²) in [5.74, 6) is 0.635. The molecule has 0 bridgehead atoms. The summed E-state index contributed by atoms with van der Waals surface area (Å²) in [4.78, 5) is 7.45. The molecule has 0 saturated carbocycles. The van der Waals surface area contributed by atoms with Gasteiger partial charge in [-0.05, 0) is 0 Å². The molecule has 0 unspecified atom stereocenters. The van der Waals surface area contributed by atoms with E-state index in [1.165, 1.54) is 37.7 Å². The summed E-state index contributed by atoms with van der Waals surface area (Å²) >= 11 is -1.84. The molecule has 0 radical (unpaired) electrons. The van der Waals surface area contributed by atoms with Crippen molar-refractivity contribution in [2.24, 2.45) is 5.92 Å². The van der Waals surface area contributed by atoms with E-state index in [1.807, 2.05) is 0 Å². The van der Waals surface area contributed by atoms with Crippen molar-refractivity contribution in [2.75, 3.05) is 0 Å². The Kier molecular flexibility index (Phi) is 8.36. The topological polar surface area (TPSA) is 9.23 Å².